The lowest BCUT2D eigenvalue weighted by Crippen LogP contribution is -2.39. The van der Waals surface area contributed by atoms with E-state index in [1.54, 1.807) is 12.1 Å². The molecular formula is C15H21NO5. The van der Waals surface area contributed by atoms with Crippen molar-refractivity contribution in [2.45, 2.75) is 26.8 Å². The molecule has 0 bridgehead atoms. The fraction of sp³-hybridized carbons (Fsp3) is 0.467. The molecule has 116 valence electrons. The number of carbonyl (C=O) groups excluding carboxylic acids is 1. The van der Waals surface area contributed by atoms with E-state index in [0.29, 0.717) is 5.92 Å². The second kappa shape index (κ2) is 7.52. The molecule has 0 radical (unpaired) electrons. The van der Waals surface area contributed by atoms with Crippen molar-refractivity contribution in [3.05, 3.63) is 23.8 Å². The zero-order chi connectivity index (χ0) is 16.0. The SMILES string of the molecule is COc1cccc(C(=O)O)c1OCC(=O)NC(C)C(C)C. The number of para-hydroxylation sites is 1. The van der Waals surface area contributed by atoms with Crippen LogP contribution in [-0.2, 0) is 4.79 Å². The molecule has 0 saturated carbocycles. The van der Waals surface area contributed by atoms with Gasteiger partial charge in [0.05, 0.1) is 7.11 Å². The minimum atomic E-state index is -1.14. The predicted molar refractivity (Wildman–Crippen MR) is 77.9 cm³/mol. The summed E-state index contributed by atoms with van der Waals surface area (Å²) in [5, 5.41) is 11.9. The number of nitrogens with one attached hydrogen (secondary N) is 1. The molecule has 6 heteroatoms. The molecule has 21 heavy (non-hydrogen) atoms. The van der Waals surface area contributed by atoms with Gasteiger partial charge in [-0.3, -0.25) is 4.79 Å². The van der Waals surface area contributed by atoms with Gasteiger partial charge in [-0.1, -0.05) is 19.9 Å². The van der Waals surface area contributed by atoms with Crippen LogP contribution < -0.4 is 14.8 Å². The highest BCUT2D eigenvalue weighted by atomic mass is 16.5. The molecule has 1 unspecified atom stereocenters. The third kappa shape index (κ3) is 4.66. The smallest absolute Gasteiger partial charge is 0.339 e. The summed E-state index contributed by atoms with van der Waals surface area (Å²) in [6.45, 7) is 5.62. The minimum absolute atomic E-state index is 0.0118. The zero-order valence-electron chi connectivity index (χ0n) is 12.7. The number of hydrogen-bond donors (Lipinski definition) is 2. The number of carboxylic acids is 1. The summed E-state index contributed by atoms with van der Waals surface area (Å²) < 4.78 is 10.4. The highest BCUT2D eigenvalue weighted by Gasteiger charge is 2.18. The lowest BCUT2D eigenvalue weighted by molar-refractivity contribution is -0.124. The van der Waals surface area contributed by atoms with E-state index in [2.05, 4.69) is 5.32 Å². The summed E-state index contributed by atoms with van der Waals surface area (Å²) >= 11 is 0. The molecule has 1 amide bonds. The molecule has 0 aliphatic rings. The van der Waals surface area contributed by atoms with E-state index in [4.69, 9.17) is 14.6 Å². The van der Waals surface area contributed by atoms with Crippen LogP contribution in [0.4, 0.5) is 0 Å². The molecule has 0 aliphatic heterocycles. The highest BCUT2D eigenvalue weighted by Crippen LogP contribution is 2.30. The summed E-state index contributed by atoms with van der Waals surface area (Å²) in [6.07, 6.45) is 0. The summed E-state index contributed by atoms with van der Waals surface area (Å²) in [5.74, 6) is -0.812. The van der Waals surface area contributed by atoms with Gasteiger partial charge < -0.3 is 19.9 Å². The van der Waals surface area contributed by atoms with Crippen LogP contribution in [0.5, 0.6) is 11.5 Å². The molecule has 1 rings (SSSR count). The van der Waals surface area contributed by atoms with Gasteiger partial charge in [-0.2, -0.15) is 0 Å². The number of hydrogen-bond acceptors (Lipinski definition) is 4. The number of rotatable bonds is 7. The van der Waals surface area contributed by atoms with Gasteiger partial charge in [-0.05, 0) is 25.0 Å². The van der Waals surface area contributed by atoms with Crippen LogP contribution >= 0.6 is 0 Å². The maximum Gasteiger partial charge on any atom is 0.339 e. The number of carboxylic acid groups (broad SMARTS) is 1. The molecule has 1 atom stereocenters. The second-order valence-corrected chi connectivity index (χ2v) is 5.03. The Morgan fingerprint density at radius 2 is 1.95 bits per heavy atom. The summed E-state index contributed by atoms with van der Waals surface area (Å²) in [7, 11) is 1.41. The third-order valence-electron chi connectivity index (χ3n) is 3.17. The van der Waals surface area contributed by atoms with E-state index in [-0.39, 0.29) is 35.6 Å². The van der Waals surface area contributed by atoms with E-state index in [1.165, 1.54) is 13.2 Å². The Bertz CT molecular complexity index is 513. The molecule has 0 heterocycles. The second-order valence-electron chi connectivity index (χ2n) is 5.03. The molecule has 0 aliphatic carbocycles. The average molecular weight is 295 g/mol. The number of methoxy groups -OCH3 is 1. The average Bonchev–Trinajstić information content (AvgIpc) is 2.44. The summed E-state index contributed by atoms with van der Waals surface area (Å²) in [6, 6.07) is 4.54. The first-order valence-corrected chi connectivity index (χ1v) is 6.69. The van der Waals surface area contributed by atoms with Crippen LogP contribution in [0.25, 0.3) is 0 Å². The fourth-order valence-corrected chi connectivity index (χ4v) is 1.59. The van der Waals surface area contributed by atoms with Crippen molar-refractivity contribution in [1.82, 2.24) is 5.32 Å². The molecule has 0 aromatic heterocycles. The molecule has 6 nitrogen and oxygen atoms in total. The van der Waals surface area contributed by atoms with E-state index in [9.17, 15) is 9.59 Å². The van der Waals surface area contributed by atoms with Crippen molar-refractivity contribution in [2.24, 2.45) is 5.92 Å². The first-order valence-electron chi connectivity index (χ1n) is 6.69. The van der Waals surface area contributed by atoms with Crippen LogP contribution in [-0.4, -0.2) is 36.7 Å². The van der Waals surface area contributed by atoms with E-state index in [1.807, 2.05) is 20.8 Å². The van der Waals surface area contributed by atoms with Crippen molar-refractivity contribution < 1.29 is 24.2 Å². The van der Waals surface area contributed by atoms with Gasteiger partial charge in [0.25, 0.3) is 5.91 Å². The molecule has 2 N–H and O–H groups in total. The van der Waals surface area contributed by atoms with Gasteiger partial charge >= 0.3 is 5.97 Å². The van der Waals surface area contributed by atoms with E-state index in [0.717, 1.165) is 0 Å². The standard InChI is InChI=1S/C15H21NO5/c1-9(2)10(3)16-13(17)8-21-14-11(15(18)19)6-5-7-12(14)20-4/h5-7,9-10H,8H2,1-4H3,(H,16,17)(H,18,19). The zero-order valence-corrected chi connectivity index (χ0v) is 12.7. The number of amides is 1. The Labute approximate surface area is 124 Å². The van der Waals surface area contributed by atoms with Gasteiger partial charge in [0.15, 0.2) is 18.1 Å². The Balaban J connectivity index is 2.79. The fourth-order valence-electron chi connectivity index (χ4n) is 1.59. The van der Waals surface area contributed by atoms with E-state index < -0.39 is 5.97 Å². The molecule has 1 aromatic rings. The van der Waals surface area contributed by atoms with Crippen LogP contribution in [0, 0.1) is 5.92 Å². The maximum absolute atomic E-state index is 11.8. The van der Waals surface area contributed by atoms with E-state index >= 15 is 0 Å². The van der Waals surface area contributed by atoms with Crippen molar-refractivity contribution in [3.8, 4) is 11.5 Å². The largest absolute Gasteiger partial charge is 0.493 e. The Kier molecular flexibility index (Phi) is 6.02. The summed E-state index contributed by atoms with van der Waals surface area (Å²) in [5.41, 5.74) is -0.0425. The molecule has 0 spiro atoms. The molecule has 0 saturated heterocycles. The van der Waals surface area contributed by atoms with Crippen LogP contribution in [0.3, 0.4) is 0 Å². The first-order chi connectivity index (χ1) is 9.86. The number of benzene rings is 1. The van der Waals surface area contributed by atoms with Gasteiger partial charge in [-0.15, -0.1) is 0 Å². The van der Waals surface area contributed by atoms with Crippen LogP contribution in [0.2, 0.25) is 0 Å². The van der Waals surface area contributed by atoms with Crippen LogP contribution in [0.15, 0.2) is 18.2 Å². The maximum atomic E-state index is 11.8. The topological polar surface area (TPSA) is 84.9 Å². The number of ether oxygens (including phenoxy) is 2. The third-order valence-corrected chi connectivity index (χ3v) is 3.17. The monoisotopic (exact) mass is 295 g/mol. The number of aromatic carboxylic acids is 1. The Morgan fingerprint density at radius 1 is 1.29 bits per heavy atom. The van der Waals surface area contributed by atoms with Crippen molar-refractivity contribution in [3.63, 3.8) is 0 Å². The van der Waals surface area contributed by atoms with Crippen molar-refractivity contribution in [2.75, 3.05) is 13.7 Å². The van der Waals surface area contributed by atoms with Crippen molar-refractivity contribution >= 4 is 11.9 Å². The van der Waals surface area contributed by atoms with Gasteiger partial charge in [0.1, 0.15) is 5.56 Å². The Morgan fingerprint density at radius 3 is 2.48 bits per heavy atom. The highest BCUT2D eigenvalue weighted by molar-refractivity contribution is 5.92. The van der Waals surface area contributed by atoms with Crippen molar-refractivity contribution in [1.29, 1.82) is 0 Å². The first kappa shape index (κ1) is 16.8. The normalized spacial score (nSPS) is 11.9. The quantitative estimate of drug-likeness (QED) is 0.803. The Hall–Kier alpha value is -2.24. The van der Waals surface area contributed by atoms with Gasteiger partial charge in [-0.25, -0.2) is 4.79 Å². The van der Waals surface area contributed by atoms with Gasteiger partial charge in [0, 0.05) is 6.04 Å². The molecule has 1 aromatic carbocycles. The summed E-state index contributed by atoms with van der Waals surface area (Å²) in [4.78, 5) is 23.0. The molecule has 0 fully saturated rings. The molecular weight excluding hydrogens is 274 g/mol. The minimum Gasteiger partial charge on any atom is -0.493 e. The lowest BCUT2D eigenvalue weighted by Gasteiger charge is -2.18. The lowest BCUT2D eigenvalue weighted by atomic mass is 10.1. The van der Waals surface area contributed by atoms with Crippen LogP contribution in [0.1, 0.15) is 31.1 Å². The number of carbonyl (C=O) groups is 2. The van der Waals surface area contributed by atoms with Gasteiger partial charge in [0.2, 0.25) is 0 Å². The predicted octanol–water partition coefficient (Wildman–Crippen LogP) is 1.93.